The molecule has 1 heterocycles. The van der Waals surface area contributed by atoms with Crippen LogP contribution in [0.1, 0.15) is 0 Å². The quantitative estimate of drug-likeness (QED) is 0.395. The maximum atomic E-state index is 14.3. The minimum absolute atomic E-state index is 0.519. The number of ether oxygens (including phenoxy) is 2. The van der Waals surface area contributed by atoms with Gasteiger partial charge in [-0.3, -0.25) is 14.3 Å². The van der Waals surface area contributed by atoms with Crippen molar-refractivity contribution in [1.29, 1.82) is 0 Å². The van der Waals surface area contributed by atoms with Crippen LogP contribution in [0.5, 0.6) is 0 Å². The van der Waals surface area contributed by atoms with Crippen LogP contribution >= 0.6 is 0 Å². The molecule has 1 aromatic rings. The summed E-state index contributed by atoms with van der Waals surface area (Å²) in [6.45, 7) is 0. The van der Waals surface area contributed by atoms with Gasteiger partial charge < -0.3 is 5.32 Å². The van der Waals surface area contributed by atoms with Gasteiger partial charge in [-0.05, 0) is 12.1 Å². The lowest BCUT2D eigenvalue weighted by Crippen LogP contribution is -2.68. The summed E-state index contributed by atoms with van der Waals surface area (Å²) >= 11 is 0. The second kappa shape index (κ2) is 9.03. The highest BCUT2D eigenvalue weighted by Gasteiger charge is 2.85. The highest BCUT2D eigenvalue weighted by Crippen LogP contribution is 2.56. The molecule has 0 aromatic carbocycles. The molecule has 208 valence electrons. The summed E-state index contributed by atoms with van der Waals surface area (Å²) in [5.41, 5.74) is 0. The zero-order valence-corrected chi connectivity index (χ0v) is 15.9. The minimum Gasteiger partial charge on any atom is -0.305 e. The Morgan fingerprint density at radius 1 is 0.667 bits per heavy atom. The Balaban J connectivity index is 3.61. The zero-order valence-electron chi connectivity index (χ0n) is 15.9. The molecule has 36 heavy (non-hydrogen) atoms. The van der Waals surface area contributed by atoms with E-state index in [-0.39, 0.29) is 0 Å². The monoisotopic (exact) mass is 572 g/mol. The summed E-state index contributed by atoms with van der Waals surface area (Å²) in [4.78, 5) is 14.6. The highest BCUT2D eigenvalue weighted by atomic mass is 19.4. The first-order valence-electron chi connectivity index (χ1n) is 8.00. The van der Waals surface area contributed by atoms with Crippen molar-refractivity contribution in [2.24, 2.45) is 0 Å². The van der Waals surface area contributed by atoms with E-state index in [1.165, 1.54) is 4.74 Å². The Morgan fingerprint density at radius 2 is 1.17 bits per heavy atom. The molecule has 0 radical (unpaired) electrons. The molecule has 0 aliphatic heterocycles. The maximum absolute atomic E-state index is 14.3. The number of hydrogen-bond acceptors (Lipinski definition) is 4. The second-order valence-electron chi connectivity index (χ2n) is 6.16. The fourth-order valence-corrected chi connectivity index (χ4v) is 1.80. The summed E-state index contributed by atoms with van der Waals surface area (Å²) in [6.07, 6.45) is -38.0. The van der Waals surface area contributed by atoms with Gasteiger partial charge in [-0.2, -0.15) is 74.6 Å². The van der Waals surface area contributed by atoms with Gasteiger partial charge in [0.05, 0.1) is 0 Å². The Hall–Kier alpha value is -2.65. The summed E-state index contributed by atoms with van der Waals surface area (Å²) in [5.74, 6) is -27.5. The molecule has 5 nitrogen and oxygen atoms in total. The third kappa shape index (κ3) is 5.52. The van der Waals surface area contributed by atoms with Crippen molar-refractivity contribution in [3.8, 4) is 0 Å². The van der Waals surface area contributed by atoms with E-state index >= 15 is 0 Å². The molecule has 0 spiro atoms. The van der Waals surface area contributed by atoms with Crippen molar-refractivity contribution in [2.45, 2.75) is 48.4 Å². The second-order valence-corrected chi connectivity index (χ2v) is 6.16. The normalized spacial score (nSPS) is 17.8. The van der Waals surface area contributed by atoms with Crippen molar-refractivity contribution < 1.29 is 88.9 Å². The van der Waals surface area contributed by atoms with Crippen LogP contribution in [-0.2, 0) is 14.3 Å². The van der Waals surface area contributed by atoms with Crippen molar-refractivity contribution in [3.05, 3.63) is 24.4 Å². The number of alkyl halides is 17. The molecule has 1 amide bonds. The Morgan fingerprint density at radius 3 is 1.53 bits per heavy atom. The van der Waals surface area contributed by atoms with Crippen LogP contribution in [0.25, 0.3) is 0 Å². The van der Waals surface area contributed by atoms with Gasteiger partial charge in [-0.15, -0.1) is 0 Å². The van der Waals surface area contributed by atoms with Crippen LogP contribution in [0.3, 0.4) is 0 Å². The van der Waals surface area contributed by atoms with Crippen LogP contribution in [0.2, 0.25) is 0 Å². The average Bonchev–Trinajstić information content (AvgIpc) is 2.65. The number of amides is 1. The highest BCUT2D eigenvalue weighted by molar-refractivity contribution is 5.96. The van der Waals surface area contributed by atoms with E-state index in [1.807, 2.05) is 4.74 Å². The number of carbonyl (C=O) groups excluding carboxylic acids is 1. The van der Waals surface area contributed by atoms with Crippen molar-refractivity contribution in [1.82, 2.24) is 4.98 Å². The number of nitrogens with zero attached hydrogens (tertiary/aromatic N) is 1. The van der Waals surface area contributed by atoms with E-state index in [9.17, 15) is 79.4 Å². The SMILES string of the molecule is O=C(Nc1ccccn1)[C@](F)(OC(F)(F)[C@](F)(OC(F)(F)C(F)(F)C(F)(F)F)C(F)(F)F)C(F)(F)F. The first-order valence-corrected chi connectivity index (χ1v) is 8.00. The lowest BCUT2D eigenvalue weighted by atomic mass is 10.2. The fraction of sp³-hybridized carbons (Fsp3) is 0.571. The molecule has 1 N–H and O–H groups in total. The number of aromatic nitrogens is 1. The van der Waals surface area contributed by atoms with Gasteiger partial charge in [-0.1, -0.05) is 6.07 Å². The summed E-state index contributed by atoms with van der Waals surface area (Å²) in [6, 6.07) is 2.37. The largest absolute Gasteiger partial charge is 0.462 e. The van der Waals surface area contributed by atoms with E-state index in [1.54, 1.807) is 0 Å². The zero-order chi connectivity index (χ0) is 28.8. The molecule has 1 aromatic heterocycles. The summed E-state index contributed by atoms with van der Waals surface area (Å²) < 4.78 is 225. The van der Waals surface area contributed by atoms with Crippen molar-refractivity contribution >= 4 is 11.7 Å². The van der Waals surface area contributed by atoms with Crippen LogP contribution in [0.15, 0.2) is 24.4 Å². The molecule has 0 bridgehead atoms. The van der Waals surface area contributed by atoms with E-state index < -0.39 is 60.1 Å². The average molecular weight is 572 g/mol. The minimum atomic E-state index is -8.06. The van der Waals surface area contributed by atoms with Crippen LogP contribution < -0.4 is 5.32 Å². The number of halogens is 17. The molecule has 2 atom stereocenters. The van der Waals surface area contributed by atoms with E-state index in [2.05, 4.69) is 4.98 Å². The van der Waals surface area contributed by atoms with Crippen LogP contribution in [0, 0.1) is 0 Å². The van der Waals surface area contributed by atoms with Crippen LogP contribution in [-0.4, -0.2) is 59.3 Å². The Bertz CT molecular complexity index is 929. The van der Waals surface area contributed by atoms with Gasteiger partial charge in [0.2, 0.25) is 0 Å². The third-order valence-corrected chi connectivity index (χ3v) is 3.56. The van der Waals surface area contributed by atoms with E-state index in [0.29, 0.717) is 12.3 Å². The van der Waals surface area contributed by atoms with Gasteiger partial charge in [0, 0.05) is 6.20 Å². The first kappa shape index (κ1) is 31.4. The summed E-state index contributed by atoms with van der Waals surface area (Å²) in [5, 5.41) is 0.729. The predicted molar refractivity (Wildman–Crippen MR) is 75.7 cm³/mol. The number of rotatable bonds is 8. The number of nitrogens with one attached hydrogen (secondary N) is 1. The topological polar surface area (TPSA) is 60.5 Å². The Kier molecular flexibility index (Phi) is 7.87. The molecular formula is C14H5F17N2O3. The van der Waals surface area contributed by atoms with Crippen molar-refractivity contribution in [2.75, 3.05) is 5.32 Å². The molecule has 0 fully saturated rings. The van der Waals surface area contributed by atoms with E-state index in [4.69, 9.17) is 0 Å². The smallest absolute Gasteiger partial charge is 0.305 e. The van der Waals surface area contributed by atoms with Gasteiger partial charge in [-0.25, -0.2) is 4.98 Å². The molecular weight excluding hydrogens is 567 g/mol. The molecule has 0 aliphatic carbocycles. The lowest BCUT2D eigenvalue weighted by molar-refractivity contribution is -0.548. The van der Waals surface area contributed by atoms with Gasteiger partial charge in [0.1, 0.15) is 5.82 Å². The van der Waals surface area contributed by atoms with Crippen LogP contribution in [0.4, 0.5) is 80.5 Å². The predicted octanol–water partition coefficient (Wildman–Crippen LogP) is 5.89. The molecule has 0 saturated carbocycles. The molecule has 22 heteroatoms. The Labute approximate surface area is 185 Å². The fourth-order valence-electron chi connectivity index (χ4n) is 1.80. The number of anilines is 1. The lowest BCUT2D eigenvalue weighted by Gasteiger charge is -2.40. The number of pyridine rings is 1. The third-order valence-electron chi connectivity index (χ3n) is 3.56. The van der Waals surface area contributed by atoms with Gasteiger partial charge >= 0.3 is 54.3 Å². The standard InChI is InChI=1S/C14H5F17N2O3/c15-7(10(19,20)21,6(34)33-5-3-1-2-4-32-5)35-14(30,31)9(18,12(25,26)27)36-13(28,29)8(16,17)11(22,23)24/h1-4H,(H,32,33,34)/t7-,9+/m0/s1. The van der Waals surface area contributed by atoms with Crippen molar-refractivity contribution in [3.63, 3.8) is 0 Å². The van der Waals surface area contributed by atoms with Gasteiger partial charge in [0.15, 0.2) is 0 Å². The van der Waals surface area contributed by atoms with E-state index in [0.717, 1.165) is 17.4 Å². The first-order chi connectivity index (χ1) is 15.7. The molecule has 0 saturated heterocycles. The number of carbonyl (C=O) groups is 1. The summed E-state index contributed by atoms with van der Waals surface area (Å²) in [7, 11) is 0. The van der Waals surface area contributed by atoms with Gasteiger partial charge in [0.25, 0.3) is 0 Å². The molecule has 1 rings (SSSR count). The maximum Gasteiger partial charge on any atom is 0.462 e. The number of hydrogen-bond donors (Lipinski definition) is 1. The molecule has 0 unspecified atom stereocenters. The molecule has 0 aliphatic rings.